The number of ether oxygens (including phenoxy) is 1. The number of likely N-dealkylation sites (N-methyl/N-ethyl adjacent to an activating group) is 1. The maximum atomic E-state index is 11.3. The fourth-order valence-corrected chi connectivity index (χ4v) is 2.19. The number of carbonyl (C=O) groups is 1. The van der Waals surface area contributed by atoms with E-state index in [9.17, 15) is 4.79 Å². The molecule has 0 saturated carbocycles. The van der Waals surface area contributed by atoms with Gasteiger partial charge in [0, 0.05) is 38.3 Å². The third-order valence-corrected chi connectivity index (χ3v) is 3.75. The number of hydrogen-bond acceptors (Lipinski definition) is 5. The van der Waals surface area contributed by atoms with Crippen molar-refractivity contribution in [2.45, 2.75) is 32.4 Å². The van der Waals surface area contributed by atoms with Crippen molar-refractivity contribution >= 4 is 5.97 Å². The topological polar surface area (TPSA) is 44.8 Å². The van der Waals surface area contributed by atoms with Gasteiger partial charge in [0.15, 0.2) is 0 Å². The van der Waals surface area contributed by atoms with E-state index in [-0.39, 0.29) is 17.6 Å². The molecule has 1 saturated heterocycles. The Bertz CT molecular complexity index is 273. The van der Waals surface area contributed by atoms with Gasteiger partial charge in [-0.2, -0.15) is 0 Å². The summed E-state index contributed by atoms with van der Waals surface area (Å²) in [5, 5.41) is 3.25. The number of piperazine rings is 1. The van der Waals surface area contributed by atoms with Crippen LogP contribution in [0.4, 0.5) is 0 Å². The number of rotatable bonds is 5. The van der Waals surface area contributed by atoms with Crippen LogP contribution in [0.1, 0.15) is 20.8 Å². The van der Waals surface area contributed by atoms with Crippen molar-refractivity contribution in [2.75, 3.05) is 46.9 Å². The Morgan fingerprint density at radius 3 is 2.39 bits per heavy atom. The van der Waals surface area contributed by atoms with Gasteiger partial charge in [-0.15, -0.1) is 0 Å². The highest BCUT2D eigenvalue weighted by Gasteiger charge is 2.29. The number of nitrogens with one attached hydrogen (secondary N) is 1. The van der Waals surface area contributed by atoms with E-state index in [0.29, 0.717) is 0 Å². The van der Waals surface area contributed by atoms with Crippen molar-refractivity contribution in [3.8, 4) is 0 Å². The maximum absolute atomic E-state index is 11.3. The average Bonchev–Trinajstić information content (AvgIpc) is 2.35. The van der Waals surface area contributed by atoms with E-state index >= 15 is 0 Å². The Morgan fingerprint density at radius 1 is 1.33 bits per heavy atom. The van der Waals surface area contributed by atoms with Crippen LogP contribution in [0.15, 0.2) is 0 Å². The molecular formula is C13H27N3O2. The van der Waals surface area contributed by atoms with Crippen LogP contribution < -0.4 is 5.32 Å². The minimum atomic E-state index is -0.248. The van der Waals surface area contributed by atoms with Gasteiger partial charge in [0.2, 0.25) is 0 Å². The van der Waals surface area contributed by atoms with Gasteiger partial charge < -0.3 is 15.0 Å². The minimum Gasteiger partial charge on any atom is -0.468 e. The Morgan fingerprint density at radius 2 is 1.89 bits per heavy atom. The molecule has 0 amide bonds. The smallest absolute Gasteiger partial charge is 0.322 e. The zero-order valence-corrected chi connectivity index (χ0v) is 12.3. The van der Waals surface area contributed by atoms with Crippen molar-refractivity contribution in [1.29, 1.82) is 0 Å². The summed E-state index contributed by atoms with van der Waals surface area (Å²) in [7, 11) is 3.58. The first-order chi connectivity index (χ1) is 8.36. The summed E-state index contributed by atoms with van der Waals surface area (Å²) in [5.41, 5.74) is 0.0591. The molecule has 1 fully saturated rings. The van der Waals surface area contributed by atoms with E-state index in [4.69, 9.17) is 4.74 Å². The first-order valence-corrected chi connectivity index (χ1v) is 6.61. The summed E-state index contributed by atoms with van der Waals surface area (Å²) in [5.74, 6) is -0.204. The summed E-state index contributed by atoms with van der Waals surface area (Å²) in [6.07, 6.45) is 0. The summed E-state index contributed by atoms with van der Waals surface area (Å²) in [4.78, 5) is 16.2. The fourth-order valence-electron chi connectivity index (χ4n) is 2.19. The standard InChI is InChI=1S/C13H27N3O2/c1-11(12(17)18-5)14-10-13(2,3)16-8-6-15(4)7-9-16/h11,14H,6-10H2,1-5H3. The quantitative estimate of drug-likeness (QED) is 0.711. The number of carbonyl (C=O) groups excluding carboxylic acids is 1. The molecule has 5 heteroatoms. The molecule has 0 aromatic rings. The fraction of sp³-hybridized carbons (Fsp3) is 0.923. The summed E-state index contributed by atoms with van der Waals surface area (Å²) >= 11 is 0. The van der Waals surface area contributed by atoms with Crippen LogP contribution in [-0.2, 0) is 9.53 Å². The van der Waals surface area contributed by atoms with Gasteiger partial charge in [0.25, 0.3) is 0 Å². The van der Waals surface area contributed by atoms with Crippen LogP contribution in [0, 0.1) is 0 Å². The van der Waals surface area contributed by atoms with Gasteiger partial charge in [-0.3, -0.25) is 9.69 Å². The molecule has 18 heavy (non-hydrogen) atoms. The first-order valence-electron chi connectivity index (χ1n) is 6.61. The number of methoxy groups -OCH3 is 1. The lowest BCUT2D eigenvalue weighted by atomic mass is 10.0. The van der Waals surface area contributed by atoms with Crippen molar-refractivity contribution in [3.63, 3.8) is 0 Å². The average molecular weight is 257 g/mol. The summed E-state index contributed by atoms with van der Waals surface area (Å²) in [6.45, 7) is 11.4. The Balaban J connectivity index is 2.41. The minimum absolute atomic E-state index is 0.0591. The zero-order valence-electron chi connectivity index (χ0n) is 12.3. The molecule has 106 valence electrons. The third kappa shape index (κ3) is 4.23. The lowest BCUT2D eigenvalue weighted by molar-refractivity contribution is -0.142. The molecule has 1 unspecified atom stereocenters. The van der Waals surface area contributed by atoms with E-state index in [1.165, 1.54) is 7.11 Å². The lowest BCUT2D eigenvalue weighted by Gasteiger charge is -2.43. The molecule has 0 aromatic heterocycles. The molecular weight excluding hydrogens is 230 g/mol. The van der Waals surface area contributed by atoms with Crippen LogP contribution in [0.3, 0.4) is 0 Å². The van der Waals surface area contributed by atoms with Gasteiger partial charge in [-0.25, -0.2) is 0 Å². The van der Waals surface area contributed by atoms with Crippen LogP contribution in [0.2, 0.25) is 0 Å². The number of esters is 1. The van der Waals surface area contributed by atoms with Gasteiger partial charge in [-0.1, -0.05) is 0 Å². The molecule has 0 spiro atoms. The predicted molar refractivity (Wildman–Crippen MR) is 72.6 cm³/mol. The number of nitrogens with zero attached hydrogens (tertiary/aromatic N) is 2. The van der Waals surface area contributed by atoms with Crippen LogP contribution in [-0.4, -0.2) is 74.2 Å². The highest BCUT2D eigenvalue weighted by atomic mass is 16.5. The van der Waals surface area contributed by atoms with Gasteiger partial charge >= 0.3 is 5.97 Å². The van der Waals surface area contributed by atoms with Crippen LogP contribution in [0.25, 0.3) is 0 Å². The maximum Gasteiger partial charge on any atom is 0.322 e. The highest BCUT2D eigenvalue weighted by Crippen LogP contribution is 2.15. The molecule has 1 aliphatic heterocycles. The third-order valence-electron chi connectivity index (χ3n) is 3.75. The molecule has 0 bridgehead atoms. The number of hydrogen-bond donors (Lipinski definition) is 1. The molecule has 1 atom stereocenters. The van der Waals surface area contributed by atoms with Crippen molar-refractivity contribution in [1.82, 2.24) is 15.1 Å². The van der Waals surface area contributed by atoms with Gasteiger partial charge in [-0.05, 0) is 27.8 Å². The normalized spacial score (nSPS) is 20.7. The molecule has 0 radical (unpaired) electrons. The Kier molecular flexibility index (Phi) is 5.56. The second kappa shape index (κ2) is 6.50. The second-order valence-corrected chi connectivity index (χ2v) is 5.73. The van der Waals surface area contributed by atoms with Crippen molar-refractivity contribution < 1.29 is 9.53 Å². The van der Waals surface area contributed by atoms with Crippen LogP contribution >= 0.6 is 0 Å². The molecule has 5 nitrogen and oxygen atoms in total. The van der Waals surface area contributed by atoms with E-state index in [1.54, 1.807) is 0 Å². The van der Waals surface area contributed by atoms with Crippen molar-refractivity contribution in [3.05, 3.63) is 0 Å². The van der Waals surface area contributed by atoms with Crippen molar-refractivity contribution in [2.24, 2.45) is 0 Å². The highest BCUT2D eigenvalue weighted by molar-refractivity contribution is 5.75. The van der Waals surface area contributed by atoms with E-state index in [2.05, 4.69) is 36.0 Å². The Hall–Kier alpha value is -0.650. The van der Waals surface area contributed by atoms with E-state index in [0.717, 1.165) is 32.7 Å². The summed E-state index contributed by atoms with van der Waals surface area (Å²) < 4.78 is 4.72. The molecule has 0 aliphatic carbocycles. The molecule has 1 rings (SSSR count). The lowest BCUT2D eigenvalue weighted by Crippen LogP contribution is -2.58. The molecule has 1 heterocycles. The van der Waals surface area contributed by atoms with E-state index < -0.39 is 0 Å². The molecule has 0 aromatic carbocycles. The predicted octanol–water partition coefficient (Wildman–Crippen LogP) is 0.164. The summed E-state index contributed by atoms with van der Waals surface area (Å²) in [6, 6.07) is -0.248. The SMILES string of the molecule is COC(=O)C(C)NCC(C)(C)N1CCN(C)CC1. The Labute approximate surface area is 110 Å². The van der Waals surface area contributed by atoms with Gasteiger partial charge in [0.1, 0.15) is 6.04 Å². The van der Waals surface area contributed by atoms with Crippen LogP contribution in [0.5, 0.6) is 0 Å². The molecule has 1 N–H and O–H groups in total. The molecule has 1 aliphatic rings. The monoisotopic (exact) mass is 257 g/mol. The van der Waals surface area contributed by atoms with Gasteiger partial charge in [0.05, 0.1) is 7.11 Å². The second-order valence-electron chi connectivity index (χ2n) is 5.73. The van der Waals surface area contributed by atoms with E-state index in [1.807, 2.05) is 6.92 Å². The first kappa shape index (κ1) is 15.4. The largest absolute Gasteiger partial charge is 0.468 e. The zero-order chi connectivity index (χ0) is 13.8.